The van der Waals surface area contributed by atoms with Crippen LogP contribution in [0.25, 0.3) is 0 Å². The van der Waals surface area contributed by atoms with E-state index in [2.05, 4.69) is 0 Å². The zero-order valence-corrected chi connectivity index (χ0v) is 5.67. The van der Waals surface area contributed by atoms with Gasteiger partial charge in [-0.3, -0.25) is 0 Å². The lowest BCUT2D eigenvalue weighted by Gasteiger charge is -1.87. The summed E-state index contributed by atoms with van der Waals surface area (Å²) in [5.41, 5.74) is 0. The molecule has 0 aromatic heterocycles. The smallest absolute Gasteiger partial charge is 0.137 e. The normalized spacial score (nSPS) is 14.5. The molecule has 0 rings (SSSR count). The highest BCUT2D eigenvalue weighted by molar-refractivity contribution is 6.31. The molecular weight excluding hydrogens is 127 g/mol. The monoisotopic (exact) mass is 134 g/mol. The molecule has 0 aliphatic carbocycles. The van der Waals surface area contributed by atoms with Crippen molar-refractivity contribution < 1.29 is 4.39 Å². The maximum Gasteiger partial charge on any atom is 0.137 e. The van der Waals surface area contributed by atoms with Gasteiger partial charge in [-0.05, 0) is 13.8 Å². The summed E-state index contributed by atoms with van der Waals surface area (Å²) in [7, 11) is 0. The molecule has 0 aromatic carbocycles. The minimum atomic E-state index is -0.367. The van der Waals surface area contributed by atoms with Crippen LogP contribution in [0.15, 0.2) is 23.0 Å². The van der Waals surface area contributed by atoms with Gasteiger partial charge in [0.05, 0.1) is 5.03 Å². The van der Waals surface area contributed by atoms with E-state index in [4.69, 9.17) is 11.6 Å². The molecule has 0 unspecified atom stereocenters. The molecule has 8 heavy (non-hydrogen) atoms. The van der Waals surface area contributed by atoms with E-state index >= 15 is 0 Å². The van der Waals surface area contributed by atoms with Gasteiger partial charge < -0.3 is 0 Å². The molecule has 0 radical (unpaired) electrons. The molecule has 0 aromatic rings. The third kappa shape index (κ3) is 2.12. The predicted octanol–water partition coefficient (Wildman–Crippen LogP) is 3.00. The summed E-state index contributed by atoms with van der Waals surface area (Å²) in [6, 6.07) is 0. The Morgan fingerprint density at radius 1 is 1.38 bits per heavy atom. The molecule has 46 valence electrons. The van der Waals surface area contributed by atoms with Crippen LogP contribution in [0.1, 0.15) is 13.8 Å². The third-order valence-corrected chi connectivity index (χ3v) is 1.13. The van der Waals surface area contributed by atoms with Gasteiger partial charge in [0.2, 0.25) is 0 Å². The SMILES string of the molecule is CC=C(F)C(Cl)=CC. The molecule has 0 spiro atoms. The van der Waals surface area contributed by atoms with Crippen LogP contribution in [0.5, 0.6) is 0 Å². The average molecular weight is 135 g/mol. The van der Waals surface area contributed by atoms with Gasteiger partial charge in [-0.25, -0.2) is 4.39 Å². The first-order valence-electron chi connectivity index (χ1n) is 2.36. The van der Waals surface area contributed by atoms with Crippen molar-refractivity contribution in [1.29, 1.82) is 0 Å². The number of halogens is 2. The summed E-state index contributed by atoms with van der Waals surface area (Å²) in [4.78, 5) is 0. The van der Waals surface area contributed by atoms with Crippen molar-refractivity contribution in [2.45, 2.75) is 13.8 Å². The summed E-state index contributed by atoms with van der Waals surface area (Å²) < 4.78 is 12.2. The predicted molar refractivity (Wildman–Crippen MR) is 34.5 cm³/mol. The molecule has 0 saturated carbocycles. The van der Waals surface area contributed by atoms with E-state index in [1.54, 1.807) is 13.8 Å². The van der Waals surface area contributed by atoms with E-state index in [0.717, 1.165) is 0 Å². The Labute approximate surface area is 53.7 Å². The van der Waals surface area contributed by atoms with E-state index < -0.39 is 0 Å². The van der Waals surface area contributed by atoms with Crippen molar-refractivity contribution in [2.24, 2.45) is 0 Å². The lowest BCUT2D eigenvalue weighted by Crippen LogP contribution is -1.68. The van der Waals surface area contributed by atoms with Crippen LogP contribution >= 0.6 is 11.6 Å². The van der Waals surface area contributed by atoms with Crippen molar-refractivity contribution >= 4 is 11.6 Å². The minimum absolute atomic E-state index is 0.174. The highest BCUT2D eigenvalue weighted by Crippen LogP contribution is 2.14. The first-order chi connectivity index (χ1) is 3.72. The van der Waals surface area contributed by atoms with E-state index in [-0.39, 0.29) is 10.9 Å². The standard InChI is InChI=1S/C6H8ClF/c1-3-5(7)6(8)4-2/h3-4H,1-2H3. The average Bonchev–Trinajstić information content (AvgIpc) is 1.84. The van der Waals surface area contributed by atoms with Crippen LogP contribution in [0.2, 0.25) is 0 Å². The quantitative estimate of drug-likeness (QED) is 0.484. The number of hydrogen-bond donors (Lipinski definition) is 0. The fourth-order valence-corrected chi connectivity index (χ4v) is 0.385. The Morgan fingerprint density at radius 3 is 2.00 bits per heavy atom. The van der Waals surface area contributed by atoms with Gasteiger partial charge in [0.15, 0.2) is 0 Å². The molecule has 0 heterocycles. The molecule has 2 heteroatoms. The number of allylic oxidation sites excluding steroid dienone is 4. The summed E-state index contributed by atoms with van der Waals surface area (Å²) >= 11 is 5.33. The van der Waals surface area contributed by atoms with E-state index in [1.165, 1.54) is 12.2 Å². The summed E-state index contributed by atoms with van der Waals surface area (Å²) in [5, 5.41) is 0.174. The third-order valence-electron chi connectivity index (χ3n) is 0.735. The van der Waals surface area contributed by atoms with Gasteiger partial charge in [0.25, 0.3) is 0 Å². The summed E-state index contributed by atoms with van der Waals surface area (Å²) in [5.74, 6) is -0.367. The molecule has 0 bridgehead atoms. The van der Waals surface area contributed by atoms with Gasteiger partial charge in [-0.1, -0.05) is 23.8 Å². The molecular formula is C6H8ClF. The highest BCUT2D eigenvalue weighted by atomic mass is 35.5. The molecule has 0 amide bonds. The van der Waals surface area contributed by atoms with Crippen LogP contribution in [-0.2, 0) is 0 Å². The maximum atomic E-state index is 12.2. The molecule has 0 aliphatic rings. The highest BCUT2D eigenvalue weighted by Gasteiger charge is 1.93. The summed E-state index contributed by atoms with van der Waals surface area (Å²) in [6.07, 6.45) is 2.83. The fourth-order valence-electron chi connectivity index (χ4n) is 0.276. The van der Waals surface area contributed by atoms with E-state index in [9.17, 15) is 4.39 Å². The second kappa shape index (κ2) is 3.67. The minimum Gasteiger partial charge on any atom is -0.206 e. The second-order valence-electron chi connectivity index (χ2n) is 1.27. The van der Waals surface area contributed by atoms with Crippen molar-refractivity contribution in [2.75, 3.05) is 0 Å². The molecule has 0 aliphatic heterocycles. The van der Waals surface area contributed by atoms with Crippen LogP contribution in [0, 0.1) is 0 Å². The van der Waals surface area contributed by atoms with Gasteiger partial charge in [0.1, 0.15) is 5.83 Å². The van der Waals surface area contributed by atoms with Crippen molar-refractivity contribution in [3.63, 3.8) is 0 Å². The van der Waals surface area contributed by atoms with Gasteiger partial charge >= 0.3 is 0 Å². The zero-order valence-electron chi connectivity index (χ0n) is 4.91. The topological polar surface area (TPSA) is 0 Å². The number of rotatable bonds is 1. The lowest BCUT2D eigenvalue weighted by atomic mass is 10.4. The molecule has 0 fully saturated rings. The number of hydrogen-bond acceptors (Lipinski definition) is 0. The zero-order chi connectivity index (χ0) is 6.57. The van der Waals surface area contributed by atoms with Crippen LogP contribution in [0.3, 0.4) is 0 Å². The van der Waals surface area contributed by atoms with E-state index in [0.29, 0.717) is 0 Å². The lowest BCUT2D eigenvalue weighted by molar-refractivity contribution is 0.660. The van der Waals surface area contributed by atoms with Crippen molar-refractivity contribution in [3.05, 3.63) is 23.0 Å². The Bertz CT molecular complexity index is 108. The van der Waals surface area contributed by atoms with Crippen molar-refractivity contribution in [3.8, 4) is 0 Å². The van der Waals surface area contributed by atoms with E-state index in [1.807, 2.05) is 0 Å². The van der Waals surface area contributed by atoms with Crippen LogP contribution in [-0.4, -0.2) is 0 Å². The molecule has 0 atom stereocenters. The Kier molecular flexibility index (Phi) is 3.53. The largest absolute Gasteiger partial charge is 0.206 e. The van der Waals surface area contributed by atoms with Crippen LogP contribution < -0.4 is 0 Å². The molecule has 0 saturated heterocycles. The molecule has 0 N–H and O–H groups in total. The fraction of sp³-hybridized carbons (Fsp3) is 0.333. The van der Waals surface area contributed by atoms with Gasteiger partial charge in [-0.2, -0.15) is 0 Å². The Balaban J connectivity index is 4.04. The Hall–Kier alpha value is -0.300. The first-order valence-corrected chi connectivity index (χ1v) is 2.74. The molecule has 0 nitrogen and oxygen atoms in total. The van der Waals surface area contributed by atoms with Gasteiger partial charge in [0, 0.05) is 0 Å². The second-order valence-corrected chi connectivity index (χ2v) is 1.68. The maximum absolute atomic E-state index is 12.2. The van der Waals surface area contributed by atoms with Crippen molar-refractivity contribution in [1.82, 2.24) is 0 Å². The van der Waals surface area contributed by atoms with Crippen LogP contribution in [0.4, 0.5) is 4.39 Å². The van der Waals surface area contributed by atoms with Gasteiger partial charge in [-0.15, -0.1) is 0 Å². The Morgan fingerprint density at radius 2 is 1.88 bits per heavy atom. The first kappa shape index (κ1) is 7.70. The summed E-state index contributed by atoms with van der Waals surface area (Å²) in [6.45, 7) is 3.28.